The molecule has 8 heteroatoms. The molecule has 0 atom stereocenters. The third-order valence-corrected chi connectivity index (χ3v) is 4.13. The summed E-state index contributed by atoms with van der Waals surface area (Å²) in [5.41, 5.74) is 1.79. The SMILES string of the molecule is N[N+](=O)c1[c]nc(-c2[nH]c(-c3c(F)cccc3F)nc2-c2ccccc2)cc1. The van der Waals surface area contributed by atoms with Crippen LogP contribution in [0.4, 0.5) is 14.5 Å². The van der Waals surface area contributed by atoms with Gasteiger partial charge in [-0.25, -0.2) is 18.7 Å². The minimum absolute atomic E-state index is 0.0274. The van der Waals surface area contributed by atoms with Crippen LogP contribution in [0.2, 0.25) is 0 Å². The average Bonchev–Trinajstić information content (AvgIpc) is 3.13. The number of pyridine rings is 1. The number of hydrogen-bond donors (Lipinski definition) is 2. The first-order valence-corrected chi connectivity index (χ1v) is 8.25. The lowest BCUT2D eigenvalue weighted by Crippen LogP contribution is -2.09. The molecule has 2 aromatic heterocycles. The molecule has 1 radical (unpaired) electrons. The summed E-state index contributed by atoms with van der Waals surface area (Å²) in [5.74, 6) is 3.69. The van der Waals surface area contributed by atoms with Gasteiger partial charge in [0.2, 0.25) is 0 Å². The Labute approximate surface area is 158 Å². The molecular weight excluding hydrogens is 364 g/mol. The molecule has 0 aliphatic rings. The van der Waals surface area contributed by atoms with E-state index in [0.29, 0.717) is 17.1 Å². The number of nitroso groups, excluding NO2 is 1. The van der Waals surface area contributed by atoms with Gasteiger partial charge in [-0.1, -0.05) is 36.4 Å². The Balaban J connectivity index is 1.92. The van der Waals surface area contributed by atoms with Crippen molar-refractivity contribution in [2.75, 3.05) is 0 Å². The second kappa shape index (κ2) is 6.99. The fourth-order valence-electron chi connectivity index (χ4n) is 2.82. The van der Waals surface area contributed by atoms with Gasteiger partial charge in [-0.15, -0.1) is 0 Å². The number of benzene rings is 2. The highest BCUT2D eigenvalue weighted by atomic mass is 19.1. The van der Waals surface area contributed by atoms with E-state index < -0.39 is 11.6 Å². The number of nitrogens with zero attached hydrogens (tertiary/aromatic N) is 3. The highest BCUT2D eigenvalue weighted by Gasteiger charge is 2.21. The van der Waals surface area contributed by atoms with Crippen LogP contribution in [0, 0.1) is 22.7 Å². The third kappa shape index (κ3) is 3.11. The van der Waals surface area contributed by atoms with E-state index in [9.17, 15) is 13.7 Å². The normalized spacial score (nSPS) is 10.8. The Morgan fingerprint density at radius 2 is 1.68 bits per heavy atom. The van der Waals surface area contributed by atoms with Gasteiger partial charge >= 0.3 is 5.69 Å². The van der Waals surface area contributed by atoms with Gasteiger partial charge < -0.3 is 4.98 Å². The fourth-order valence-corrected chi connectivity index (χ4v) is 2.82. The van der Waals surface area contributed by atoms with Crippen molar-refractivity contribution in [3.63, 3.8) is 0 Å². The number of aromatic nitrogens is 3. The number of H-pyrrole nitrogens is 1. The maximum Gasteiger partial charge on any atom is 0.319 e. The summed E-state index contributed by atoms with van der Waals surface area (Å²) in [4.78, 5) is 22.8. The number of rotatable bonds is 4. The second-order valence-electron chi connectivity index (χ2n) is 5.92. The van der Waals surface area contributed by atoms with Crippen LogP contribution in [-0.2, 0) is 0 Å². The van der Waals surface area contributed by atoms with Gasteiger partial charge in [-0.05, 0) is 18.2 Å². The summed E-state index contributed by atoms with van der Waals surface area (Å²) < 4.78 is 28.5. The quantitative estimate of drug-likeness (QED) is 0.317. The zero-order valence-electron chi connectivity index (χ0n) is 14.4. The number of hydrogen-bond acceptors (Lipinski definition) is 3. The van der Waals surface area contributed by atoms with Crippen molar-refractivity contribution < 1.29 is 13.6 Å². The largest absolute Gasteiger partial charge is 0.336 e. The molecule has 0 saturated heterocycles. The first-order valence-electron chi connectivity index (χ1n) is 8.25. The Hall–Kier alpha value is -3.94. The summed E-state index contributed by atoms with van der Waals surface area (Å²) in [6.07, 6.45) is 2.53. The van der Waals surface area contributed by atoms with Crippen molar-refractivity contribution in [3.05, 3.63) is 83.4 Å². The van der Waals surface area contributed by atoms with Gasteiger partial charge in [0.25, 0.3) is 0 Å². The minimum Gasteiger partial charge on any atom is -0.336 e. The molecular formula is C20H13F2N5O+. The topological polar surface area (TPSA) is 87.7 Å². The van der Waals surface area contributed by atoms with Crippen LogP contribution in [0.1, 0.15) is 0 Å². The van der Waals surface area contributed by atoms with Gasteiger partial charge in [0.05, 0.1) is 27.6 Å². The summed E-state index contributed by atoms with van der Waals surface area (Å²) in [5, 5.41) is 0. The van der Waals surface area contributed by atoms with E-state index in [0.717, 1.165) is 17.7 Å². The van der Waals surface area contributed by atoms with Crippen LogP contribution in [0.25, 0.3) is 34.0 Å². The van der Waals surface area contributed by atoms with Crippen molar-refractivity contribution in [3.8, 4) is 34.0 Å². The smallest absolute Gasteiger partial charge is 0.319 e. The van der Waals surface area contributed by atoms with Crippen LogP contribution < -0.4 is 5.84 Å². The van der Waals surface area contributed by atoms with E-state index in [1.807, 2.05) is 30.3 Å². The van der Waals surface area contributed by atoms with Gasteiger partial charge in [-0.2, -0.15) is 5.84 Å². The highest BCUT2D eigenvalue weighted by Crippen LogP contribution is 2.34. The lowest BCUT2D eigenvalue weighted by molar-refractivity contribution is -0.475. The first-order chi connectivity index (χ1) is 13.5. The monoisotopic (exact) mass is 377 g/mol. The minimum atomic E-state index is -0.736. The van der Waals surface area contributed by atoms with E-state index in [4.69, 9.17) is 5.84 Å². The number of nitrogens with two attached hydrogens (primary N) is 1. The molecule has 2 aromatic carbocycles. The molecule has 0 aliphatic carbocycles. The molecule has 0 aliphatic heterocycles. The van der Waals surface area contributed by atoms with E-state index >= 15 is 0 Å². The summed E-state index contributed by atoms with van der Waals surface area (Å²) >= 11 is 0. The van der Waals surface area contributed by atoms with Crippen molar-refractivity contribution in [1.29, 1.82) is 0 Å². The second-order valence-corrected chi connectivity index (χ2v) is 5.92. The van der Waals surface area contributed by atoms with Gasteiger partial charge in [-0.3, -0.25) is 0 Å². The van der Waals surface area contributed by atoms with E-state index in [1.54, 1.807) is 6.07 Å². The van der Waals surface area contributed by atoms with Gasteiger partial charge in [0.15, 0.2) is 11.1 Å². The number of nitrogens with one attached hydrogen (secondary N) is 1. The maximum atomic E-state index is 14.2. The summed E-state index contributed by atoms with van der Waals surface area (Å²) in [6.45, 7) is 0. The molecule has 0 fully saturated rings. The van der Waals surface area contributed by atoms with Crippen LogP contribution in [0.15, 0.2) is 60.7 Å². The molecule has 0 saturated carbocycles. The lowest BCUT2D eigenvalue weighted by atomic mass is 10.1. The van der Waals surface area contributed by atoms with Crippen LogP contribution in [0.5, 0.6) is 0 Å². The molecule has 3 N–H and O–H groups in total. The Morgan fingerprint density at radius 3 is 2.29 bits per heavy atom. The molecule has 4 rings (SSSR count). The molecule has 0 unspecified atom stereocenters. The Kier molecular flexibility index (Phi) is 4.36. The predicted molar refractivity (Wildman–Crippen MR) is 98.9 cm³/mol. The van der Waals surface area contributed by atoms with E-state index in [2.05, 4.69) is 21.1 Å². The molecule has 0 bridgehead atoms. The predicted octanol–water partition coefficient (Wildman–Crippen LogP) is 4.17. The molecule has 0 spiro atoms. The number of aromatic amines is 1. The zero-order valence-corrected chi connectivity index (χ0v) is 14.4. The molecule has 0 amide bonds. The highest BCUT2D eigenvalue weighted by molar-refractivity contribution is 5.80. The van der Waals surface area contributed by atoms with Crippen molar-refractivity contribution in [2.24, 2.45) is 5.84 Å². The number of imidazole rings is 1. The molecule has 2 heterocycles. The molecule has 28 heavy (non-hydrogen) atoms. The van der Waals surface area contributed by atoms with Crippen LogP contribution >= 0.6 is 0 Å². The third-order valence-electron chi connectivity index (χ3n) is 4.13. The van der Waals surface area contributed by atoms with Crippen molar-refractivity contribution >= 4 is 5.69 Å². The Bertz CT molecular complexity index is 1140. The van der Waals surface area contributed by atoms with Gasteiger partial charge in [0, 0.05) is 11.6 Å². The number of hydrazine groups is 1. The van der Waals surface area contributed by atoms with Gasteiger partial charge in [0.1, 0.15) is 17.5 Å². The summed E-state index contributed by atoms with van der Waals surface area (Å²) in [7, 11) is 0. The summed E-state index contributed by atoms with van der Waals surface area (Å²) in [6, 6.07) is 15.7. The number of halogens is 2. The maximum absolute atomic E-state index is 14.2. The van der Waals surface area contributed by atoms with Crippen molar-refractivity contribution in [1.82, 2.24) is 15.0 Å². The lowest BCUT2D eigenvalue weighted by Gasteiger charge is -2.01. The zero-order chi connectivity index (χ0) is 19.7. The Morgan fingerprint density at radius 1 is 0.964 bits per heavy atom. The first kappa shape index (κ1) is 17.5. The molecule has 6 nitrogen and oxygen atoms in total. The standard InChI is InChI=1S/C20H13F2N5O/c21-14-7-4-8-15(22)17(14)20-25-18(12-5-2-1-3-6-12)19(26-20)16-10-9-13(11-24-16)27(23)28/h1-10H,(H2,23,28)(H,25,26)/q+1. The van der Waals surface area contributed by atoms with Crippen LogP contribution in [0.3, 0.4) is 0 Å². The van der Waals surface area contributed by atoms with Crippen LogP contribution in [-0.4, -0.2) is 19.8 Å². The average molecular weight is 377 g/mol. The molecule has 4 aromatic rings. The van der Waals surface area contributed by atoms with E-state index in [1.165, 1.54) is 12.1 Å². The van der Waals surface area contributed by atoms with Crippen molar-refractivity contribution in [2.45, 2.75) is 0 Å². The van der Waals surface area contributed by atoms with E-state index in [-0.39, 0.29) is 21.9 Å². The molecule has 137 valence electrons. The fraction of sp³-hybridized carbons (Fsp3) is 0.